The van der Waals surface area contributed by atoms with Crippen molar-refractivity contribution >= 4 is 17.5 Å². The van der Waals surface area contributed by atoms with Gasteiger partial charge in [0.1, 0.15) is 6.04 Å². The third-order valence-corrected chi connectivity index (χ3v) is 4.27. The van der Waals surface area contributed by atoms with E-state index < -0.39 is 6.04 Å². The van der Waals surface area contributed by atoms with E-state index in [0.29, 0.717) is 5.56 Å². The van der Waals surface area contributed by atoms with Gasteiger partial charge < -0.3 is 15.1 Å². The molecule has 1 aromatic carbocycles. The van der Waals surface area contributed by atoms with Gasteiger partial charge in [-0.2, -0.15) is 0 Å². The van der Waals surface area contributed by atoms with E-state index in [0.717, 1.165) is 44.6 Å². The first-order valence-electron chi connectivity index (χ1n) is 8.43. The summed E-state index contributed by atoms with van der Waals surface area (Å²) in [7, 11) is 2.04. The van der Waals surface area contributed by atoms with E-state index >= 15 is 0 Å². The van der Waals surface area contributed by atoms with Crippen molar-refractivity contribution in [2.45, 2.75) is 39.2 Å². The molecule has 0 bridgehead atoms. The third-order valence-electron chi connectivity index (χ3n) is 4.27. The van der Waals surface area contributed by atoms with Crippen LogP contribution in [0.5, 0.6) is 0 Å². The summed E-state index contributed by atoms with van der Waals surface area (Å²) < 4.78 is 0. The molecule has 1 heterocycles. The van der Waals surface area contributed by atoms with Crippen LogP contribution in [0.15, 0.2) is 24.3 Å². The van der Waals surface area contributed by atoms with Crippen molar-refractivity contribution < 1.29 is 9.59 Å². The van der Waals surface area contributed by atoms with Crippen LogP contribution in [0.1, 0.15) is 43.5 Å². The fourth-order valence-electron chi connectivity index (χ4n) is 2.88. The fraction of sp³-hybridized carbons (Fsp3) is 0.556. The Balaban J connectivity index is 1.93. The van der Waals surface area contributed by atoms with E-state index in [1.165, 1.54) is 0 Å². The minimum absolute atomic E-state index is 0.00940. The van der Waals surface area contributed by atoms with Gasteiger partial charge in [-0.3, -0.25) is 9.59 Å². The van der Waals surface area contributed by atoms with Gasteiger partial charge in [-0.05, 0) is 50.5 Å². The molecule has 1 N–H and O–H groups in total. The molecule has 1 atom stereocenters. The zero-order chi connectivity index (χ0) is 16.8. The summed E-state index contributed by atoms with van der Waals surface area (Å²) >= 11 is 0. The molecule has 0 spiro atoms. The number of carbonyl (C=O) groups is 2. The van der Waals surface area contributed by atoms with Crippen molar-refractivity contribution in [2.24, 2.45) is 0 Å². The molecule has 2 amide bonds. The Morgan fingerprint density at radius 1 is 1.22 bits per heavy atom. The monoisotopic (exact) mass is 317 g/mol. The van der Waals surface area contributed by atoms with E-state index in [1.54, 1.807) is 6.92 Å². The summed E-state index contributed by atoms with van der Waals surface area (Å²) in [6, 6.07) is 7.02. The van der Waals surface area contributed by atoms with Crippen LogP contribution in [0.3, 0.4) is 0 Å². The molecule has 5 heteroatoms. The highest BCUT2D eigenvalue weighted by molar-refractivity contribution is 5.97. The zero-order valence-electron chi connectivity index (χ0n) is 14.3. The molecular formula is C18H27N3O2. The summed E-state index contributed by atoms with van der Waals surface area (Å²) in [5.74, 6) is -0.190. The third kappa shape index (κ3) is 4.47. The van der Waals surface area contributed by atoms with Gasteiger partial charge in [0, 0.05) is 37.9 Å². The van der Waals surface area contributed by atoms with E-state index in [2.05, 4.69) is 17.1 Å². The topological polar surface area (TPSA) is 52.7 Å². The standard InChI is InChI=1S/C18H27N3O2/c1-4-11-20(3)16-9-7-15(8-10-16)17(22)19-14(2)18(23)21-12-5-6-13-21/h7-10,14H,4-6,11-13H2,1-3H3,(H,19,22)/t14-/m0/s1. The van der Waals surface area contributed by atoms with Crippen LogP contribution in [-0.4, -0.2) is 49.4 Å². The first-order chi connectivity index (χ1) is 11.0. The number of nitrogens with zero attached hydrogens (tertiary/aromatic N) is 2. The minimum Gasteiger partial charge on any atom is -0.375 e. The predicted octanol–water partition coefficient (Wildman–Crippen LogP) is 2.27. The van der Waals surface area contributed by atoms with Gasteiger partial charge in [0.15, 0.2) is 0 Å². The predicted molar refractivity (Wildman–Crippen MR) is 92.7 cm³/mol. The number of nitrogens with one attached hydrogen (secondary N) is 1. The van der Waals surface area contributed by atoms with Crippen LogP contribution in [0.2, 0.25) is 0 Å². The maximum absolute atomic E-state index is 12.3. The van der Waals surface area contributed by atoms with E-state index in [9.17, 15) is 9.59 Å². The summed E-state index contributed by atoms with van der Waals surface area (Å²) in [5.41, 5.74) is 1.67. The van der Waals surface area contributed by atoms with Gasteiger partial charge in [-0.15, -0.1) is 0 Å². The Kier molecular flexibility index (Phi) is 6.02. The van der Waals surface area contributed by atoms with Gasteiger partial charge in [-0.1, -0.05) is 6.92 Å². The Bertz CT molecular complexity index is 536. The van der Waals surface area contributed by atoms with Crippen molar-refractivity contribution in [2.75, 3.05) is 31.6 Å². The number of rotatable bonds is 6. The lowest BCUT2D eigenvalue weighted by Crippen LogP contribution is -2.45. The molecule has 1 saturated heterocycles. The molecule has 1 aliphatic rings. The second-order valence-electron chi connectivity index (χ2n) is 6.20. The molecule has 2 rings (SSSR count). The van der Waals surface area contributed by atoms with Crippen molar-refractivity contribution in [3.05, 3.63) is 29.8 Å². The van der Waals surface area contributed by atoms with Crippen LogP contribution in [0, 0.1) is 0 Å². The van der Waals surface area contributed by atoms with Gasteiger partial charge in [-0.25, -0.2) is 0 Å². The highest BCUT2D eigenvalue weighted by Gasteiger charge is 2.24. The number of benzene rings is 1. The number of likely N-dealkylation sites (tertiary alicyclic amines) is 1. The summed E-state index contributed by atoms with van der Waals surface area (Å²) in [6.07, 6.45) is 3.19. The maximum atomic E-state index is 12.3. The van der Waals surface area contributed by atoms with Gasteiger partial charge in [0.25, 0.3) is 5.91 Å². The second kappa shape index (κ2) is 7.99. The van der Waals surface area contributed by atoms with Gasteiger partial charge in [0.05, 0.1) is 0 Å². The first-order valence-corrected chi connectivity index (χ1v) is 8.43. The summed E-state index contributed by atoms with van der Waals surface area (Å²) in [6.45, 7) is 6.47. The largest absolute Gasteiger partial charge is 0.375 e. The molecule has 1 aliphatic heterocycles. The maximum Gasteiger partial charge on any atom is 0.251 e. The van der Waals surface area contributed by atoms with Gasteiger partial charge in [0.2, 0.25) is 5.91 Å². The molecule has 0 aromatic heterocycles. The molecule has 23 heavy (non-hydrogen) atoms. The highest BCUT2D eigenvalue weighted by Crippen LogP contribution is 2.14. The number of carbonyl (C=O) groups excluding carboxylic acids is 2. The number of hydrogen-bond donors (Lipinski definition) is 1. The highest BCUT2D eigenvalue weighted by atomic mass is 16.2. The van der Waals surface area contributed by atoms with Crippen molar-refractivity contribution in [1.82, 2.24) is 10.2 Å². The number of hydrogen-bond acceptors (Lipinski definition) is 3. The normalized spacial score (nSPS) is 15.3. The first kappa shape index (κ1) is 17.3. The lowest BCUT2D eigenvalue weighted by molar-refractivity contribution is -0.131. The molecule has 1 aromatic rings. The average Bonchev–Trinajstić information content (AvgIpc) is 3.08. The second-order valence-corrected chi connectivity index (χ2v) is 6.20. The molecular weight excluding hydrogens is 290 g/mol. The van der Waals surface area contributed by atoms with E-state index in [1.807, 2.05) is 36.2 Å². The average molecular weight is 317 g/mol. The van der Waals surface area contributed by atoms with E-state index in [-0.39, 0.29) is 11.8 Å². The molecule has 0 unspecified atom stereocenters. The number of anilines is 1. The van der Waals surface area contributed by atoms with Crippen LogP contribution >= 0.6 is 0 Å². The van der Waals surface area contributed by atoms with Crippen LogP contribution in [0.4, 0.5) is 5.69 Å². The number of amides is 2. The smallest absolute Gasteiger partial charge is 0.251 e. The lowest BCUT2D eigenvalue weighted by Gasteiger charge is -2.21. The zero-order valence-corrected chi connectivity index (χ0v) is 14.3. The van der Waals surface area contributed by atoms with Crippen molar-refractivity contribution in [3.63, 3.8) is 0 Å². The van der Waals surface area contributed by atoms with Crippen LogP contribution < -0.4 is 10.2 Å². The van der Waals surface area contributed by atoms with Crippen LogP contribution in [0.25, 0.3) is 0 Å². The SMILES string of the molecule is CCCN(C)c1ccc(C(=O)N[C@@H](C)C(=O)N2CCCC2)cc1. The fourth-order valence-corrected chi connectivity index (χ4v) is 2.88. The summed E-state index contributed by atoms with van der Waals surface area (Å²) in [4.78, 5) is 28.5. The molecule has 0 aliphatic carbocycles. The molecule has 126 valence electrons. The Hall–Kier alpha value is -2.04. The quantitative estimate of drug-likeness (QED) is 0.876. The Labute approximate surface area is 138 Å². The van der Waals surface area contributed by atoms with Crippen molar-refractivity contribution in [1.29, 1.82) is 0 Å². The van der Waals surface area contributed by atoms with Gasteiger partial charge >= 0.3 is 0 Å². The molecule has 5 nitrogen and oxygen atoms in total. The molecule has 0 saturated carbocycles. The Morgan fingerprint density at radius 3 is 2.39 bits per heavy atom. The summed E-state index contributed by atoms with van der Waals surface area (Å²) in [5, 5.41) is 2.80. The van der Waals surface area contributed by atoms with E-state index in [4.69, 9.17) is 0 Å². The lowest BCUT2D eigenvalue weighted by atomic mass is 10.1. The molecule has 1 fully saturated rings. The van der Waals surface area contributed by atoms with Crippen molar-refractivity contribution in [3.8, 4) is 0 Å². The van der Waals surface area contributed by atoms with Crippen LogP contribution in [-0.2, 0) is 4.79 Å². The minimum atomic E-state index is -0.483. The Morgan fingerprint density at radius 2 is 1.83 bits per heavy atom. The molecule has 0 radical (unpaired) electrons.